The Morgan fingerprint density at radius 3 is 2.16 bits per heavy atom. The standard InChI is InChI=1S/C50H54ClF3N4O7S3/c51-40-15-10-36(11-16-40)44-8-4-5-9-45(44)49(56-48(60)32-55)38-21-24-58(25-22-38)41-17-12-37(13-18-41)46(59)34-67(61,62)43-19-14-39(47(31-43)68(63,64)50(52,53)54)30-35(20-23-57-26-28-65-29-27-57)33-66-42-6-2-1-3-7-42/h1-19,31,35,38,49H,20-30,32-34,55H2,(H,56,60)/t35-,49+/m0/s1. The van der Waals surface area contributed by atoms with E-state index in [4.69, 9.17) is 22.1 Å². The van der Waals surface area contributed by atoms with Gasteiger partial charge in [0.05, 0.1) is 35.6 Å². The number of nitrogens with zero attached hydrogens (tertiary/aromatic N) is 2. The van der Waals surface area contributed by atoms with Crippen molar-refractivity contribution in [2.75, 3.05) is 68.9 Å². The van der Waals surface area contributed by atoms with Gasteiger partial charge in [-0.3, -0.25) is 14.5 Å². The number of anilines is 1. The van der Waals surface area contributed by atoms with Gasteiger partial charge in [-0.1, -0.05) is 72.3 Å². The number of hydrogen-bond donors (Lipinski definition) is 2. The van der Waals surface area contributed by atoms with Gasteiger partial charge in [0.25, 0.3) is 9.84 Å². The van der Waals surface area contributed by atoms with Crippen molar-refractivity contribution in [2.24, 2.45) is 17.6 Å². The smallest absolute Gasteiger partial charge is 0.379 e. The molecule has 18 heteroatoms. The highest BCUT2D eigenvalue weighted by molar-refractivity contribution is 7.99. The zero-order chi connectivity index (χ0) is 48.5. The van der Waals surface area contributed by atoms with Crippen LogP contribution in [-0.4, -0.2) is 103 Å². The van der Waals surface area contributed by atoms with Gasteiger partial charge in [0.15, 0.2) is 15.6 Å². The summed E-state index contributed by atoms with van der Waals surface area (Å²) in [6.07, 6.45) is 1.90. The van der Waals surface area contributed by atoms with Crippen LogP contribution in [-0.2, 0) is 35.6 Å². The fraction of sp³-hybridized carbons (Fsp3) is 0.360. The maximum Gasteiger partial charge on any atom is 0.501 e. The van der Waals surface area contributed by atoms with E-state index in [9.17, 15) is 39.6 Å². The number of hydrogen-bond acceptors (Lipinski definition) is 11. The summed E-state index contributed by atoms with van der Waals surface area (Å²) in [6, 6.07) is 33.7. The minimum atomic E-state index is -5.99. The molecule has 2 fully saturated rings. The first-order valence-corrected chi connectivity index (χ1v) is 26.9. The predicted octanol–water partition coefficient (Wildman–Crippen LogP) is 8.66. The molecule has 0 bridgehead atoms. The van der Waals surface area contributed by atoms with Crippen molar-refractivity contribution in [3.8, 4) is 11.1 Å². The predicted molar refractivity (Wildman–Crippen MR) is 261 cm³/mol. The first kappa shape index (κ1) is 51.1. The lowest BCUT2D eigenvalue weighted by Gasteiger charge is -2.38. The molecule has 2 heterocycles. The molecule has 5 aromatic carbocycles. The third kappa shape index (κ3) is 12.9. The first-order valence-electron chi connectivity index (χ1n) is 22.4. The third-order valence-electron chi connectivity index (χ3n) is 12.5. The number of nitrogens with two attached hydrogens (primary N) is 1. The van der Waals surface area contributed by atoms with Crippen molar-refractivity contribution in [3.05, 3.63) is 143 Å². The largest absolute Gasteiger partial charge is 0.501 e. The number of carbonyl (C=O) groups is 2. The number of halogens is 4. The van der Waals surface area contributed by atoms with Crippen LogP contribution in [0.1, 0.15) is 46.8 Å². The Labute approximate surface area is 405 Å². The third-order valence-corrected chi connectivity index (χ3v) is 17.2. The van der Waals surface area contributed by atoms with Crippen LogP contribution in [0.2, 0.25) is 5.02 Å². The molecular formula is C50H54ClF3N4O7S3. The Morgan fingerprint density at radius 1 is 0.838 bits per heavy atom. The van der Waals surface area contributed by atoms with Crippen molar-refractivity contribution in [1.82, 2.24) is 10.2 Å². The maximum absolute atomic E-state index is 14.3. The molecule has 0 aromatic heterocycles. The molecule has 1 amide bonds. The molecule has 68 heavy (non-hydrogen) atoms. The van der Waals surface area contributed by atoms with Gasteiger partial charge in [0.2, 0.25) is 5.91 Å². The van der Waals surface area contributed by atoms with Crippen molar-refractivity contribution in [3.63, 3.8) is 0 Å². The fourth-order valence-electron chi connectivity index (χ4n) is 8.78. The van der Waals surface area contributed by atoms with Gasteiger partial charge in [0.1, 0.15) is 5.75 Å². The van der Waals surface area contributed by atoms with Crippen LogP contribution in [0.25, 0.3) is 11.1 Å². The van der Waals surface area contributed by atoms with Crippen molar-refractivity contribution in [2.45, 2.75) is 51.9 Å². The summed E-state index contributed by atoms with van der Waals surface area (Å²) in [6.45, 7) is 4.21. The highest BCUT2D eigenvalue weighted by Crippen LogP contribution is 2.39. The van der Waals surface area contributed by atoms with E-state index in [0.717, 1.165) is 39.4 Å². The second-order valence-electron chi connectivity index (χ2n) is 17.1. The molecule has 0 radical (unpaired) electrons. The minimum Gasteiger partial charge on any atom is -0.379 e. The summed E-state index contributed by atoms with van der Waals surface area (Å²) >= 11 is 7.68. The van der Waals surface area contributed by atoms with Gasteiger partial charge in [-0.15, -0.1) is 11.8 Å². The maximum atomic E-state index is 14.3. The number of rotatable bonds is 19. The summed E-state index contributed by atoms with van der Waals surface area (Å²) in [5.41, 5.74) is 3.62. The van der Waals surface area contributed by atoms with E-state index in [1.54, 1.807) is 12.1 Å². The van der Waals surface area contributed by atoms with Crippen molar-refractivity contribution < 1.29 is 44.3 Å². The quantitative estimate of drug-likeness (QED) is 0.0603. The Kier molecular flexibility index (Phi) is 17.1. The van der Waals surface area contributed by atoms with Crippen LogP contribution in [0.5, 0.6) is 0 Å². The molecule has 2 atom stereocenters. The number of benzene rings is 5. The average molecular weight is 1010 g/mol. The number of ether oxygens (including phenoxy) is 1. The summed E-state index contributed by atoms with van der Waals surface area (Å²) in [5, 5.41) is 3.76. The van der Waals surface area contributed by atoms with E-state index >= 15 is 0 Å². The second kappa shape index (κ2) is 22.8. The lowest BCUT2D eigenvalue weighted by atomic mass is 9.82. The van der Waals surface area contributed by atoms with Crippen molar-refractivity contribution >= 4 is 60.4 Å². The zero-order valence-corrected chi connectivity index (χ0v) is 40.5. The van der Waals surface area contributed by atoms with Gasteiger partial charge < -0.3 is 20.7 Å². The number of nitrogens with one attached hydrogen (secondary N) is 1. The highest BCUT2D eigenvalue weighted by Gasteiger charge is 2.48. The van der Waals surface area contributed by atoms with E-state index in [2.05, 4.69) is 15.1 Å². The molecule has 3 N–H and O–H groups in total. The SMILES string of the molecule is NCC(=O)N[C@@H](c1ccccc1-c1ccc(Cl)cc1)C1CCN(c2ccc(C(=O)CS(=O)(=O)c3ccc(C[C@H](CCN4CCOCC4)CSc4ccccc4)c(S(=O)(=O)C(F)(F)F)c3)cc2)CC1. The number of carbonyl (C=O) groups excluding carboxylic acids is 2. The molecule has 0 spiro atoms. The van der Waals surface area contributed by atoms with Gasteiger partial charge in [0, 0.05) is 53.1 Å². The lowest BCUT2D eigenvalue weighted by Crippen LogP contribution is -2.42. The molecule has 0 unspecified atom stereocenters. The number of morpholine rings is 1. The summed E-state index contributed by atoms with van der Waals surface area (Å²) in [7, 11) is -10.6. The Morgan fingerprint density at radius 2 is 1.50 bits per heavy atom. The first-order chi connectivity index (χ1) is 32.5. The monoisotopic (exact) mass is 1010 g/mol. The van der Waals surface area contributed by atoms with Crippen LogP contribution >= 0.6 is 23.4 Å². The van der Waals surface area contributed by atoms with Crippen LogP contribution in [0, 0.1) is 11.8 Å². The van der Waals surface area contributed by atoms with Crippen LogP contribution in [0.4, 0.5) is 18.9 Å². The molecule has 362 valence electrons. The number of alkyl halides is 3. The van der Waals surface area contributed by atoms with E-state index < -0.39 is 46.5 Å². The molecule has 7 rings (SSSR count). The number of ketones is 1. The molecule has 0 aliphatic carbocycles. The second-order valence-corrected chi connectivity index (χ2v) is 22.5. The number of piperidine rings is 1. The summed E-state index contributed by atoms with van der Waals surface area (Å²) in [4.78, 5) is 29.7. The molecule has 2 aliphatic heterocycles. The number of sulfone groups is 2. The van der Waals surface area contributed by atoms with Gasteiger partial charge in [-0.2, -0.15) is 13.2 Å². The Bertz CT molecular complexity index is 2740. The zero-order valence-electron chi connectivity index (χ0n) is 37.2. The Balaban J connectivity index is 1.04. The number of amides is 1. The molecule has 5 aromatic rings. The minimum absolute atomic E-state index is 0.0538. The van der Waals surface area contributed by atoms with E-state index in [0.29, 0.717) is 82.0 Å². The van der Waals surface area contributed by atoms with E-state index in [1.807, 2.05) is 78.9 Å². The van der Waals surface area contributed by atoms with Crippen molar-refractivity contribution in [1.29, 1.82) is 0 Å². The fourth-order valence-corrected chi connectivity index (χ4v) is 12.3. The van der Waals surface area contributed by atoms with Gasteiger partial charge in [-0.05, 0) is 127 Å². The summed E-state index contributed by atoms with van der Waals surface area (Å²) in [5.74, 6) is -1.91. The van der Waals surface area contributed by atoms with Gasteiger partial charge in [-0.25, -0.2) is 16.8 Å². The normalized spacial score (nSPS) is 16.3. The summed E-state index contributed by atoms with van der Waals surface area (Å²) < 4.78 is 102. The molecule has 2 aliphatic rings. The van der Waals surface area contributed by atoms with E-state index in [-0.39, 0.29) is 47.9 Å². The topological polar surface area (TPSA) is 156 Å². The van der Waals surface area contributed by atoms with Crippen LogP contribution in [0.15, 0.2) is 136 Å². The van der Waals surface area contributed by atoms with Crippen LogP contribution in [0.3, 0.4) is 0 Å². The van der Waals surface area contributed by atoms with E-state index in [1.165, 1.54) is 23.9 Å². The lowest BCUT2D eigenvalue weighted by molar-refractivity contribution is -0.120. The average Bonchev–Trinajstić information content (AvgIpc) is 3.34. The molecule has 0 saturated carbocycles. The van der Waals surface area contributed by atoms with Gasteiger partial charge >= 0.3 is 5.51 Å². The number of Topliss-reactive ketones (excluding diaryl/α,β-unsaturated/α-hetero) is 1. The molecule has 2 saturated heterocycles. The molecule has 11 nitrogen and oxygen atoms in total. The molecular weight excluding hydrogens is 957 g/mol. The number of thioether (sulfide) groups is 1. The highest BCUT2D eigenvalue weighted by atomic mass is 35.5. The Hall–Kier alpha value is -4.75. The van der Waals surface area contributed by atoms with Crippen LogP contribution < -0.4 is 16.0 Å².